The van der Waals surface area contributed by atoms with E-state index < -0.39 is 0 Å². The molecule has 0 saturated carbocycles. The monoisotopic (exact) mass is 286 g/mol. The van der Waals surface area contributed by atoms with E-state index in [0.717, 1.165) is 11.8 Å². The average Bonchev–Trinajstić information content (AvgIpc) is 2.39. The van der Waals surface area contributed by atoms with Gasteiger partial charge in [-0.25, -0.2) is 0 Å². The van der Waals surface area contributed by atoms with Crippen LogP contribution >= 0.6 is 9.24 Å². The lowest BCUT2D eigenvalue weighted by Gasteiger charge is -2.32. The predicted molar refractivity (Wildman–Crippen MR) is 94.0 cm³/mol. The Morgan fingerprint density at radius 2 is 1.16 bits per heavy atom. The average molecular weight is 286 g/mol. The van der Waals surface area contributed by atoms with Crippen LogP contribution in [0.3, 0.4) is 0 Å². The van der Waals surface area contributed by atoms with Crippen LogP contribution in [0.25, 0.3) is 0 Å². The molecule has 3 unspecified atom stereocenters. The maximum absolute atomic E-state index is 3.19. The molecule has 0 bridgehead atoms. The normalized spacial score (nSPS) is 18.0. The molecule has 0 aromatic heterocycles. The molecule has 0 aromatic carbocycles. The summed E-state index contributed by atoms with van der Waals surface area (Å²) in [6.07, 6.45) is 13.9. The van der Waals surface area contributed by atoms with Gasteiger partial charge < -0.3 is 0 Å². The summed E-state index contributed by atoms with van der Waals surface area (Å²) in [7, 11) is 3.19. The number of hydrogen-bond acceptors (Lipinski definition) is 0. The van der Waals surface area contributed by atoms with Gasteiger partial charge in [-0.3, -0.25) is 0 Å². The zero-order valence-electron chi connectivity index (χ0n) is 14.3. The van der Waals surface area contributed by atoms with E-state index in [1.807, 2.05) is 0 Å². The minimum absolute atomic E-state index is 0.461. The van der Waals surface area contributed by atoms with Gasteiger partial charge in [0.25, 0.3) is 0 Å². The number of unbranched alkanes of at least 4 members (excludes halogenated alkanes) is 2. The number of hydrogen-bond donors (Lipinski definition) is 0. The van der Waals surface area contributed by atoms with Crippen molar-refractivity contribution in [1.82, 2.24) is 0 Å². The molecule has 0 amide bonds. The van der Waals surface area contributed by atoms with Crippen molar-refractivity contribution in [2.24, 2.45) is 11.8 Å². The summed E-state index contributed by atoms with van der Waals surface area (Å²) in [4.78, 5) is 0. The lowest BCUT2D eigenvalue weighted by atomic mass is 9.82. The van der Waals surface area contributed by atoms with Gasteiger partial charge in [-0.05, 0) is 29.8 Å². The molecule has 0 saturated heterocycles. The molecule has 0 aromatic rings. The van der Waals surface area contributed by atoms with E-state index in [1.54, 1.807) is 0 Å². The Morgan fingerprint density at radius 1 is 0.789 bits per heavy atom. The van der Waals surface area contributed by atoms with E-state index in [2.05, 4.69) is 43.9 Å². The fraction of sp³-hybridized carbons (Fsp3) is 1.00. The quantitative estimate of drug-likeness (QED) is 0.345. The summed E-state index contributed by atoms with van der Waals surface area (Å²) >= 11 is 0. The van der Waals surface area contributed by atoms with Crippen LogP contribution < -0.4 is 0 Å². The smallest absolute Gasteiger partial charge is 0.0173 e. The van der Waals surface area contributed by atoms with Gasteiger partial charge in [0.1, 0.15) is 0 Å². The molecule has 3 atom stereocenters. The van der Waals surface area contributed by atoms with Gasteiger partial charge in [0.15, 0.2) is 0 Å². The molecule has 1 heteroatoms. The van der Waals surface area contributed by atoms with Gasteiger partial charge in [-0.2, -0.15) is 0 Å². The molecule has 0 spiro atoms. The Hall–Kier alpha value is 0.430. The second-order valence-corrected chi connectivity index (χ2v) is 8.29. The second kappa shape index (κ2) is 11.1. The highest BCUT2D eigenvalue weighted by Gasteiger charge is 2.25. The van der Waals surface area contributed by atoms with Crippen LogP contribution in [0.5, 0.6) is 0 Å². The van der Waals surface area contributed by atoms with E-state index in [-0.39, 0.29) is 0 Å². The van der Waals surface area contributed by atoms with E-state index in [1.165, 1.54) is 64.2 Å². The minimum Gasteiger partial charge on any atom is -0.131 e. The zero-order chi connectivity index (χ0) is 14.7. The summed E-state index contributed by atoms with van der Waals surface area (Å²) in [6.45, 7) is 11.8. The fourth-order valence-electron chi connectivity index (χ4n) is 3.29. The van der Waals surface area contributed by atoms with Gasteiger partial charge in [0.2, 0.25) is 0 Å². The third-order valence-corrected chi connectivity index (χ3v) is 5.07. The lowest BCUT2D eigenvalue weighted by molar-refractivity contribution is 0.310. The third kappa shape index (κ3) is 9.89. The summed E-state index contributed by atoms with van der Waals surface area (Å²) in [6, 6.07) is 0. The molecular formula is C18H39P. The molecule has 0 fully saturated rings. The molecule has 0 nitrogen and oxygen atoms in total. The van der Waals surface area contributed by atoms with Gasteiger partial charge >= 0.3 is 0 Å². The Balaban J connectivity index is 4.24. The molecule has 0 aliphatic carbocycles. The predicted octanol–water partition coefficient (Wildman–Crippen LogP) is 6.83. The molecule has 0 aliphatic rings. The summed E-state index contributed by atoms with van der Waals surface area (Å²) in [5.41, 5.74) is 0. The first-order valence-electron chi connectivity index (χ1n) is 8.77. The summed E-state index contributed by atoms with van der Waals surface area (Å²) < 4.78 is 0. The zero-order valence-corrected chi connectivity index (χ0v) is 15.5. The van der Waals surface area contributed by atoms with Crippen molar-refractivity contribution in [3.8, 4) is 0 Å². The van der Waals surface area contributed by atoms with Crippen LogP contribution in [0.1, 0.15) is 98.8 Å². The van der Waals surface area contributed by atoms with E-state index in [0.29, 0.717) is 5.16 Å². The lowest BCUT2D eigenvalue weighted by Crippen LogP contribution is -2.24. The van der Waals surface area contributed by atoms with Gasteiger partial charge in [0.05, 0.1) is 0 Å². The van der Waals surface area contributed by atoms with Crippen molar-refractivity contribution in [1.29, 1.82) is 0 Å². The van der Waals surface area contributed by atoms with Crippen LogP contribution in [0.15, 0.2) is 0 Å². The molecular weight excluding hydrogens is 247 g/mol. The SMILES string of the molecule is CCCCC(CC)CC(C)(P)CC(CC)CCCC. The molecule has 19 heavy (non-hydrogen) atoms. The van der Waals surface area contributed by atoms with Crippen molar-refractivity contribution >= 4 is 9.24 Å². The maximum Gasteiger partial charge on any atom is -0.0173 e. The maximum atomic E-state index is 3.19. The Labute approximate surface area is 125 Å². The van der Waals surface area contributed by atoms with Gasteiger partial charge in [-0.15, -0.1) is 9.24 Å². The van der Waals surface area contributed by atoms with Crippen LogP contribution in [0, 0.1) is 11.8 Å². The molecule has 0 radical (unpaired) electrons. The first-order valence-corrected chi connectivity index (χ1v) is 9.35. The minimum atomic E-state index is 0.461. The van der Waals surface area contributed by atoms with E-state index in [4.69, 9.17) is 0 Å². The fourth-order valence-corrected chi connectivity index (χ4v) is 3.96. The molecule has 0 aliphatic heterocycles. The van der Waals surface area contributed by atoms with Crippen LogP contribution in [0.4, 0.5) is 0 Å². The summed E-state index contributed by atoms with van der Waals surface area (Å²) in [5, 5.41) is 0.461. The van der Waals surface area contributed by atoms with Crippen molar-refractivity contribution in [3.63, 3.8) is 0 Å². The van der Waals surface area contributed by atoms with Crippen molar-refractivity contribution < 1.29 is 0 Å². The summed E-state index contributed by atoms with van der Waals surface area (Å²) in [5.74, 6) is 1.87. The Bertz CT molecular complexity index is 178. The van der Waals surface area contributed by atoms with Gasteiger partial charge in [-0.1, -0.05) is 86.0 Å². The standard InChI is InChI=1S/C18H39P/c1-6-10-12-16(8-3)14-18(5,19)15-17(9-4)13-11-7-2/h16-17H,6-15,19H2,1-5H3. The Kier molecular flexibility index (Phi) is 11.4. The van der Waals surface area contributed by atoms with E-state index in [9.17, 15) is 0 Å². The van der Waals surface area contributed by atoms with E-state index >= 15 is 0 Å². The van der Waals surface area contributed by atoms with Crippen LogP contribution in [0.2, 0.25) is 0 Å². The third-order valence-electron chi connectivity index (χ3n) is 4.60. The highest BCUT2D eigenvalue weighted by Crippen LogP contribution is 2.37. The molecule has 116 valence electrons. The van der Waals surface area contributed by atoms with Crippen LogP contribution in [-0.4, -0.2) is 5.16 Å². The molecule has 0 heterocycles. The van der Waals surface area contributed by atoms with Crippen LogP contribution in [-0.2, 0) is 0 Å². The van der Waals surface area contributed by atoms with Crippen molar-refractivity contribution in [2.75, 3.05) is 0 Å². The topological polar surface area (TPSA) is 0 Å². The molecule has 0 N–H and O–H groups in total. The Morgan fingerprint density at radius 3 is 1.42 bits per heavy atom. The second-order valence-electron chi connectivity index (χ2n) is 6.90. The molecule has 0 rings (SSSR count). The highest BCUT2D eigenvalue weighted by molar-refractivity contribution is 7.18. The first kappa shape index (κ1) is 19.4. The number of rotatable bonds is 12. The highest BCUT2D eigenvalue weighted by atomic mass is 31.0. The first-order chi connectivity index (χ1) is 8.99. The largest absolute Gasteiger partial charge is 0.131 e. The van der Waals surface area contributed by atoms with Gasteiger partial charge in [0, 0.05) is 0 Å². The van der Waals surface area contributed by atoms with Crippen molar-refractivity contribution in [3.05, 3.63) is 0 Å². The van der Waals surface area contributed by atoms with Crippen molar-refractivity contribution in [2.45, 2.75) is 104 Å².